The lowest BCUT2D eigenvalue weighted by Gasteiger charge is -2.11. The van der Waals surface area contributed by atoms with Crippen LogP contribution in [-0.2, 0) is 0 Å². The van der Waals surface area contributed by atoms with Crippen LogP contribution in [0, 0.1) is 12.8 Å². The molecule has 0 aliphatic heterocycles. The average molecular weight is 255 g/mol. The van der Waals surface area contributed by atoms with Crippen LogP contribution in [0.25, 0.3) is 0 Å². The van der Waals surface area contributed by atoms with Crippen molar-refractivity contribution in [2.45, 2.75) is 27.2 Å². The maximum atomic E-state index is 5.91. The molecule has 17 heavy (non-hydrogen) atoms. The molecule has 1 aromatic rings. The Morgan fingerprint density at radius 2 is 2.00 bits per heavy atom. The summed E-state index contributed by atoms with van der Waals surface area (Å²) in [6, 6.07) is 5.95. The highest BCUT2D eigenvalue weighted by Gasteiger charge is 1.98. The summed E-state index contributed by atoms with van der Waals surface area (Å²) in [6.07, 6.45) is 1.13. The van der Waals surface area contributed by atoms with Crippen molar-refractivity contribution in [1.29, 1.82) is 0 Å². The minimum absolute atomic E-state index is 0.724. The van der Waals surface area contributed by atoms with Crippen molar-refractivity contribution in [3.8, 4) is 0 Å². The summed E-state index contributed by atoms with van der Waals surface area (Å²) in [7, 11) is 0. The van der Waals surface area contributed by atoms with E-state index in [1.165, 1.54) is 11.3 Å². The molecule has 1 aromatic carbocycles. The van der Waals surface area contributed by atoms with Crippen LogP contribution in [0.3, 0.4) is 0 Å². The van der Waals surface area contributed by atoms with Gasteiger partial charge in [-0.2, -0.15) is 0 Å². The van der Waals surface area contributed by atoms with E-state index in [-0.39, 0.29) is 0 Å². The van der Waals surface area contributed by atoms with Crippen LogP contribution in [0.5, 0.6) is 0 Å². The van der Waals surface area contributed by atoms with Gasteiger partial charge in [0.05, 0.1) is 0 Å². The molecular weight excluding hydrogens is 232 g/mol. The maximum absolute atomic E-state index is 5.91. The number of hydrogen-bond donors (Lipinski definition) is 2. The highest BCUT2D eigenvalue weighted by molar-refractivity contribution is 6.30. The molecule has 0 aromatic heterocycles. The first kappa shape index (κ1) is 14.3. The Labute approximate surface area is 110 Å². The van der Waals surface area contributed by atoms with Gasteiger partial charge in [-0.25, -0.2) is 0 Å². The molecule has 3 heteroatoms. The third-order valence-electron chi connectivity index (χ3n) is 2.59. The lowest BCUT2D eigenvalue weighted by atomic mass is 10.2. The van der Waals surface area contributed by atoms with E-state index in [0.29, 0.717) is 0 Å². The van der Waals surface area contributed by atoms with Crippen LogP contribution in [0.2, 0.25) is 5.02 Å². The molecule has 0 radical (unpaired) electrons. The molecule has 0 spiro atoms. The van der Waals surface area contributed by atoms with Crippen LogP contribution in [-0.4, -0.2) is 19.6 Å². The Morgan fingerprint density at radius 3 is 2.65 bits per heavy atom. The molecule has 0 heterocycles. The zero-order valence-electron chi connectivity index (χ0n) is 11.0. The van der Waals surface area contributed by atoms with Gasteiger partial charge >= 0.3 is 0 Å². The minimum atomic E-state index is 0.724. The Bertz CT molecular complexity index is 337. The van der Waals surface area contributed by atoms with Gasteiger partial charge in [-0.15, -0.1) is 0 Å². The Morgan fingerprint density at radius 1 is 1.24 bits per heavy atom. The number of halogens is 1. The Hall–Kier alpha value is -0.730. The Balaban J connectivity index is 2.18. The van der Waals surface area contributed by atoms with Gasteiger partial charge < -0.3 is 10.6 Å². The average Bonchev–Trinajstić information content (AvgIpc) is 2.25. The van der Waals surface area contributed by atoms with E-state index in [1.807, 2.05) is 18.2 Å². The van der Waals surface area contributed by atoms with Crippen LogP contribution in [0.4, 0.5) is 5.69 Å². The summed E-state index contributed by atoms with van der Waals surface area (Å²) < 4.78 is 0. The van der Waals surface area contributed by atoms with Crippen LogP contribution in [0.1, 0.15) is 25.8 Å². The third-order valence-corrected chi connectivity index (χ3v) is 2.82. The second-order valence-corrected chi connectivity index (χ2v) is 5.27. The zero-order valence-corrected chi connectivity index (χ0v) is 11.8. The highest BCUT2D eigenvalue weighted by Crippen LogP contribution is 2.19. The molecule has 2 N–H and O–H groups in total. The molecule has 0 aliphatic carbocycles. The van der Waals surface area contributed by atoms with E-state index < -0.39 is 0 Å². The maximum Gasteiger partial charge on any atom is 0.0410 e. The summed E-state index contributed by atoms with van der Waals surface area (Å²) in [5, 5.41) is 7.66. The topological polar surface area (TPSA) is 24.1 Å². The standard InChI is InChI=1S/C14H23ClN2/c1-11(2)10-16-7-4-8-17-14-6-5-13(15)9-12(14)3/h5-6,9,11,16-17H,4,7-8,10H2,1-3H3. The molecule has 0 saturated carbocycles. The van der Waals surface area contributed by atoms with Crippen molar-refractivity contribution in [3.05, 3.63) is 28.8 Å². The molecule has 0 atom stereocenters. The SMILES string of the molecule is Cc1cc(Cl)ccc1NCCCNCC(C)C. The summed E-state index contributed by atoms with van der Waals surface area (Å²) in [5.74, 6) is 0.724. The monoisotopic (exact) mass is 254 g/mol. The van der Waals surface area contributed by atoms with E-state index in [0.717, 1.165) is 37.0 Å². The van der Waals surface area contributed by atoms with Crippen molar-refractivity contribution in [2.24, 2.45) is 5.92 Å². The third kappa shape index (κ3) is 5.94. The van der Waals surface area contributed by atoms with Gasteiger partial charge in [-0.05, 0) is 56.1 Å². The number of aryl methyl sites for hydroxylation is 1. The highest BCUT2D eigenvalue weighted by atomic mass is 35.5. The van der Waals surface area contributed by atoms with Crippen LogP contribution in [0.15, 0.2) is 18.2 Å². The predicted octanol–water partition coefficient (Wildman–Crippen LogP) is 3.70. The molecule has 0 saturated heterocycles. The normalized spacial score (nSPS) is 10.9. The summed E-state index contributed by atoms with van der Waals surface area (Å²) in [6.45, 7) is 9.68. The summed E-state index contributed by atoms with van der Waals surface area (Å²) in [5.41, 5.74) is 2.38. The number of rotatable bonds is 7. The van der Waals surface area contributed by atoms with Gasteiger partial charge in [0.2, 0.25) is 0 Å². The van der Waals surface area contributed by atoms with Gasteiger partial charge in [-0.1, -0.05) is 25.4 Å². The molecule has 0 aliphatic rings. The van der Waals surface area contributed by atoms with E-state index >= 15 is 0 Å². The predicted molar refractivity (Wildman–Crippen MR) is 77.0 cm³/mol. The molecule has 96 valence electrons. The van der Waals surface area contributed by atoms with E-state index in [4.69, 9.17) is 11.6 Å². The molecule has 0 amide bonds. The number of benzene rings is 1. The second kappa shape index (κ2) is 7.57. The molecular formula is C14H23ClN2. The largest absolute Gasteiger partial charge is 0.385 e. The first-order valence-corrected chi connectivity index (χ1v) is 6.68. The smallest absolute Gasteiger partial charge is 0.0410 e. The Kier molecular flexibility index (Phi) is 6.38. The van der Waals surface area contributed by atoms with Crippen molar-refractivity contribution in [2.75, 3.05) is 25.0 Å². The number of nitrogens with one attached hydrogen (secondary N) is 2. The fourth-order valence-electron chi connectivity index (χ4n) is 1.65. The lowest BCUT2D eigenvalue weighted by molar-refractivity contribution is 0.547. The summed E-state index contributed by atoms with van der Waals surface area (Å²) >= 11 is 5.91. The number of hydrogen-bond acceptors (Lipinski definition) is 2. The van der Waals surface area contributed by atoms with E-state index in [2.05, 4.69) is 31.4 Å². The van der Waals surface area contributed by atoms with Crippen molar-refractivity contribution >= 4 is 17.3 Å². The van der Waals surface area contributed by atoms with Gasteiger partial charge in [0, 0.05) is 17.3 Å². The van der Waals surface area contributed by atoms with Crippen molar-refractivity contribution in [1.82, 2.24) is 5.32 Å². The number of anilines is 1. The lowest BCUT2D eigenvalue weighted by Crippen LogP contribution is -2.22. The first-order valence-electron chi connectivity index (χ1n) is 6.30. The van der Waals surface area contributed by atoms with Gasteiger partial charge in [-0.3, -0.25) is 0 Å². The second-order valence-electron chi connectivity index (χ2n) is 4.84. The fraction of sp³-hybridized carbons (Fsp3) is 0.571. The molecule has 0 fully saturated rings. The van der Waals surface area contributed by atoms with Crippen molar-refractivity contribution in [3.63, 3.8) is 0 Å². The van der Waals surface area contributed by atoms with Crippen LogP contribution >= 0.6 is 11.6 Å². The van der Waals surface area contributed by atoms with Crippen LogP contribution < -0.4 is 10.6 Å². The fourth-order valence-corrected chi connectivity index (χ4v) is 1.88. The molecule has 0 unspecified atom stereocenters. The van der Waals surface area contributed by atoms with Gasteiger partial charge in [0.15, 0.2) is 0 Å². The van der Waals surface area contributed by atoms with E-state index in [1.54, 1.807) is 0 Å². The zero-order chi connectivity index (χ0) is 12.7. The minimum Gasteiger partial charge on any atom is -0.385 e. The molecule has 0 bridgehead atoms. The quantitative estimate of drug-likeness (QED) is 0.725. The van der Waals surface area contributed by atoms with Gasteiger partial charge in [0.25, 0.3) is 0 Å². The van der Waals surface area contributed by atoms with E-state index in [9.17, 15) is 0 Å². The summed E-state index contributed by atoms with van der Waals surface area (Å²) in [4.78, 5) is 0. The molecule has 1 rings (SSSR count). The molecule has 2 nitrogen and oxygen atoms in total. The van der Waals surface area contributed by atoms with Crippen molar-refractivity contribution < 1.29 is 0 Å². The van der Waals surface area contributed by atoms with Gasteiger partial charge in [0.1, 0.15) is 0 Å². The first-order chi connectivity index (χ1) is 8.09.